The van der Waals surface area contributed by atoms with Crippen molar-refractivity contribution in [1.82, 2.24) is 0 Å². The zero-order chi connectivity index (χ0) is 28.6. The molecule has 0 aliphatic rings. The molecule has 0 atom stereocenters. The van der Waals surface area contributed by atoms with Crippen molar-refractivity contribution < 1.29 is 19.3 Å². The van der Waals surface area contributed by atoms with E-state index in [9.17, 15) is 20.2 Å². The van der Waals surface area contributed by atoms with Crippen molar-refractivity contribution in [2.45, 2.75) is 64.2 Å². The quantitative estimate of drug-likeness (QED) is 0.0891. The summed E-state index contributed by atoms with van der Waals surface area (Å²) in [7, 11) is 0. The van der Waals surface area contributed by atoms with Crippen LogP contribution in [0.5, 0.6) is 11.5 Å². The number of non-ortho nitro benzene ring substituents is 1. The molecule has 3 rings (SSSR count). The third-order valence-electron chi connectivity index (χ3n) is 6.62. The molecule has 0 amide bonds. The van der Waals surface area contributed by atoms with E-state index in [0.717, 1.165) is 61.5 Å². The molecular weight excluding hydrogens is 510 g/mol. The molecule has 9 nitrogen and oxygen atoms in total. The van der Waals surface area contributed by atoms with E-state index >= 15 is 0 Å². The molecule has 0 unspecified atom stereocenters. The lowest BCUT2D eigenvalue weighted by atomic mass is 10.0. The molecule has 0 bridgehead atoms. The molecule has 0 aromatic heterocycles. The minimum atomic E-state index is -0.659. The monoisotopic (exact) mass is 545 g/mol. The van der Waals surface area contributed by atoms with Crippen molar-refractivity contribution in [1.29, 1.82) is 5.26 Å². The Labute approximate surface area is 234 Å². The number of nitro groups is 2. The second-order valence-corrected chi connectivity index (χ2v) is 9.61. The van der Waals surface area contributed by atoms with Gasteiger partial charge >= 0.3 is 5.69 Å². The average molecular weight is 546 g/mol. The van der Waals surface area contributed by atoms with Gasteiger partial charge in [0.05, 0.1) is 40.8 Å². The third-order valence-corrected chi connectivity index (χ3v) is 6.62. The van der Waals surface area contributed by atoms with Crippen LogP contribution in [0, 0.1) is 31.6 Å². The normalized spacial score (nSPS) is 10.6. The number of benzene rings is 3. The van der Waals surface area contributed by atoms with Gasteiger partial charge < -0.3 is 9.47 Å². The molecule has 0 spiro atoms. The van der Waals surface area contributed by atoms with Crippen LogP contribution >= 0.6 is 0 Å². The van der Waals surface area contributed by atoms with E-state index in [0.29, 0.717) is 18.8 Å². The summed E-state index contributed by atoms with van der Waals surface area (Å²) in [6.45, 7) is 1.06. The molecule has 3 aromatic rings. The number of unbranched alkanes of at least 4 members (excludes halogenated alkanes) is 9. The molecule has 0 saturated heterocycles. The fraction of sp³-hybridized carbons (Fsp3) is 0.387. The molecule has 0 aliphatic carbocycles. The van der Waals surface area contributed by atoms with Crippen LogP contribution in [0.4, 0.5) is 11.4 Å². The van der Waals surface area contributed by atoms with E-state index in [4.69, 9.17) is 14.7 Å². The van der Waals surface area contributed by atoms with E-state index in [2.05, 4.69) is 6.07 Å². The molecule has 9 heteroatoms. The maximum absolute atomic E-state index is 11.1. The van der Waals surface area contributed by atoms with Gasteiger partial charge in [-0.3, -0.25) is 20.2 Å². The van der Waals surface area contributed by atoms with Gasteiger partial charge in [-0.25, -0.2) is 0 Å². The lowest BCUT2D eigenvalue weighted by Crippen LogP contribution is -2.01. The largest absolute Gasteiger partial charge is 0.494 e. The van der Waals surface area contributed by atoms with Crippen molar-refractivity contribution in [3.63, 3.8) is 0 Å². The van der Waals surface area contributed by atoms with Crippen LogP contribution in [0.1, 0.15) is 69.8 Å². The second kappa shape index (κ2) is 16.5. The molecule has 0 saturated carbocycles. The van der Waals surface area contributed by atoms with Crippen LogP contribution in [-0.4, -0.2) is 23.1 Å². The molecule has 0 heterocycles. The Morgan fingerprint density at radius 2 is 1.12 bits per heavy atom. The Hall–Kier alpha value is -4.45. The summed E-state index contributed by atoms with van der Waals surface area (Å²) in [6, 6.07) is 21.2. The van der Waals surface area contributed by atoms with E-state index in [1.54, 1.807) is 0 Å². The standard InChI is InChI=1S/C31H35N3O6/c32-24-25-11-13-26(14-12-25)27-15-18-29(19-16-27)39-21-9-7-5-3-1-2-4-6-8-10-22-40-31-20-17-28(33(35)36)23-30(31)34(37)38/h11-20,23H,1-10,21-22H2. The summed E-state index contributed by atoms with van der Waals surface area (Å²) < 4.78 is 11.4. The summed E-state index contributed by atoms with van der Waals surface area (Å²) >= 11 is 0. The molecule has 0 fully saturated rings. The summed E-state index contributed by atoms with van der Waals surface area (Å²) in [5.74, 6) is 0.937. The second-order valence-electron chi connectivity index (χ2n) is 9.61. The van der Waals surface area contributed by atoms with E-state index in [1.807, 2.05) is 48.5 Å². The molecule has 0 radical (unpaired) electrons. The van der Waals surface area contributed by atoms with Crippen LogP contribution in [0.3, 0.4) is 0 Å². The van der Waals surface area contributed by atoms with E-state index < -0.39 is 9.85 Å². The lowest BCUT2D eigenvalue weighted by molar-refractivity contribution is -0.394. The van der Waals surface area contributed by atoms with Gasteiger partial charge in [0.2, 0.25) is 0 Å². The molecule has 210 valence electrons. The minimum absolute atomic E-state index is 0.0681. The number of hydrogen-bond acceptors (Lipinski definition) is 7. The Morgan fingerprint density at radius 3 is 1.62 bits per heavy atom. The highest BCUT2D eigenvalue weighted by Gasteiger charge is 2.20. The van der Waals surface area contributed by atoms with Gasteiger partial charge in [0.15, 0.2) is 5.75 Å². The van der Waals surface area contributed by atoms with Gasteiger partial charge in [-0.15, -0.1) is 0 Å². The highest BCUT2D eigenvalue weighted by Crippen LogP contribution is 2.31. The van der Waals surface area contributed by atoms with Crippen molar-refractivity contribution in [2.24, 2.45) is 0 Å². The Morgan fingerprint density at radius 1 is 0.625 bits per heavy atom. The number of hydrogen-bond donors (Lipinski definition) is 0. The maximum Gasteiger partial charge on any atom is 0.317 e. The molecule has 40 heavy (non-hydrogen) atoms. The van der Waals surface area contributed by atoms with Crippen LogP contribution < -0.4 is 9.47 Å². The van der Waals surface area contributed by atoms with Crippen LogP contribution in [0.25, 0.3) is 11.1 Å². The maximum atomic E-state index is 11.1. The summed E-state index contributed by atoms with van der Waals surface area (Å²) in [5.41, 5.74) is 2.13. The number of nitro benzene ring substituents is 2. The van der Waals surface area contributed by atoms with Gasteiger partial charge in [0.1, 0.15) is 5.75 Å². The number of nitriles is 1. The summed E-state index contributed by atoms with van der Waals surface area (Å²) in [4.78, 5) is 20.6. The Kier molecular flexibility index (Phi) is 12.4. The van der Waals surface area contributed by atoms with Gasteiger partial charge in [-0.1, -0.05) is 75.6 Å². The van der Waals surface area contributed by atoms with Crippen molar-refractivity contribution in [3.8, 4) is 28.7 Å². The molecule has 0 aliphatic heterocycles. The summed E-state index contributed by atoms with van der Waals surface area (Å²) in [5, 5.41) is 30.9. The smallest absolute Gasteiger partial charge is 0.317 e. The first-order valence-electron chi connectivity index (χ1n) is 13.8. The molecular formula is C31H35N3O6. The predicted octanol–water partition coefficient (Wildman–Crippen LogP) is 8.40. The molecule has 3 aromatic carbocycles. The van der Waals surface area contributed by atoms with Crippen LogP contribution in [-0.2, 0) is 0 Å². The van der Waals surface area contributed by atoms with Gasteiger partial charge in [0.25, 0.3) is 5.69 Å². The first-order valence-corrected chi connectivity index (χ1v) is 13.8. The fourth-order valence-electron chi connectivity index (χ4n) is 4.36. The van der Waals surface area contributed by atoms with Crippen molar-refractivity contribution in [3.05, 3.63) is 92.5 Å². The van der Waals surface area contributed by atoms with E-state index in [-0.39, 0.29) is 17.1 Å². The van der Waals surface area contributed by atoms with Crippen molar-refractivity contribution in [2.75, 3.05) is 13.2 Å². The molecule has 0 N–H and O–H groups in total. The van der Waals surface area contributed by atoms with E-state index in [1.165, 1.54) is 37.8 Å². The van der Waals surface area contributed by atoms with Crippen LogP contribution in [0.2, 0.25) is 0 Å². The van der Waals surface area contributed by atoms with Crippen LogP contribution in [0.15, 0.2) is 66.7 Å². The highest BCUT2D eigenvalue weighted by molar-refractivity contribution is 5.65. The first-order chi connectivity index (χ1) is 19.5. The van der Waals surface area contributed by atoms with Gasteiger partial charge in [0, 0.05) is 6.07 Å². The zero-order valence-electron chi connectivity index (χ0n) is 22.6. The number of nitrogens with zero attached hydrogens (tertiary/aromatic N) is 3. The minimum Gasteiger partial charge on any atom is -0.494 e. The zero-order valence-corrected chi connectivity index (χ0v) is 22.6. The predicted molar refractivity (Wildman–Crippen MR) is 154 cm³/mol. The lowest BCUT2D eigenvalue weighted by Gasteiger charge is -2.08. The third kappa shape index (κ3) is 10.0. The van der Waals surface area contributed by atoms with Gasteiger partial charge in [-0.05, 0) is 54.3 Å². The Bertz CT molecular complexity index is 1270. The topological polar surface area (TPSA) is 129 Å². The van der Waals surface area contributed by atoms with Crippen molar-refractivity contribution >= 4 is 11.4 Å². The Balaban J connectivity index is 1.16. The number of rotatable bonds is 18. The highest BCUT2D eigenvalue weighted by atomic mass is 16.6. The van der Waals surface area contributed by atoms with Gasteiger partial charge in [-0.2, -0.15) is 5.26 Å². The number of ether oxygens (including phenoxy) is 2. The first kappa shape index (κ1) is 30.1. The average Bonchev–Trinajstić information content (AvgIpc) is 2.97. The summed E-state index contributed by atoms with van der Waals surface area (Å²) in [6.07, 6.45) is 11.0. The fourth-order valence-corrected chi connectivity index (χ4v) is 4.36. The SMILES string of the molecule is N#Cc1ccc(-c2ccc(OCCCCCCCCCCCCOc3ccc([N+](=O)[O-])cc3[N+](=O)[O-])cc2)cc1.